The average molecular weight is 380 g/mol. The van der Waals surface area contributed by atoms with Crippen molar-refractivity contribution in [3.63, 3.8) is 0 Å². The normalized spacial score (nSPS) is 11.2. The Morgan fingerprint density at radius 3 is 2.87 bits per heavy atom. The second-order valence-corrected chi connectivity index (χ2v) is 7.50. The van der Waals surface area contributed by atoms with Gasteiger partial charge in [-0.25, -0.2) is 9.97 Å². The van der Waals surface area contributed by atoms with Crippen molar-refractivity contribution in [2.45, 2.75) is 0 Å². The number of thiazole rings is 2. The second-order valence-electron chi connectivity index (χ2n) is 4.74. The molecular formula is C15H7Cl2N3OS2. The van der Waals surface area contributed by atoms with Crippen LogP contribution in [0.5, 0.6) is 0 Å². The maximum atomic E-state index is 12.4. The summed E-state index contributed by atoms with van der Waals surface area (Å²) in [6.45, 7) is 0. The van der Waals surface area contributed by atoms with Crippen molar-refractivity contribution >= 4 is 77.3 Å². The first kappa shape index (κ1) is 14.8. The molecule has 0 spiro atoms. The van der Waals surface area contributed by atoms with Gasteiger partial charge >= 0.3 is 0 Å². The number of amides is 1. The quantitative estimate of drug-likeness (QED) is 0.502. The summed E-state index contributed by atoms with van der Waals surface area (Å²) in [4.78, 5) is 20.9. The molecule has 2 aromatic carbocycles. The molecule has 4 aromatic rings. The third-order valence-corrected chi connectivity index (χ3v) is 5.44. The molecule has 23 heavy (non-hydrogen) atoms. The number of nitrogens with zero attached hydrogens (tertiary/aromatic N) is 2. The Bertz CT molecular complexity index is 1060. The third-order valence-electron chi connectivity index (χ3n) is 3.23. The number of rotatable bonds is 2. The van der Waals surface area contributed by atoms with E-state index < -0.39 is 0 Å². The van der Waals surface area contributed by atoms with Crippen LogP contribution >= 0.6 is 45.9 Å². The summed E-state index contributed by atoms with van der Waals surface area (Å²) in [5.74, 6) is -0.221. The standard InChI is InChI=1S/C15H7Cl2N3OS2/c16-8-4-9(17)13-12(5-8)23-15(19-13)20-14(21)7-1-2-10-11(3-7)22-6-18-10/h1-6H,(H,19,20,21). The lowest BCUT2D eigenvalue weighted by molar-refractivity contribution is 0.102. The molecule has 0 aliphatic heterocycles. The number of nitrogens with one attached hydrogen (secondary N) is 1. The second kappa shape index (κ2) is 5.72. The van der Waals surface area contributed by atoms with E-state index in [9.17, 15) is 4.79 Å². The van der Waals surface area contributed by atoms with E-state index in [1.54, 1.807) is 23.7 Å². The average Bonchev–Trinajstić information content (AvgIpc) is 3.12. The molecular weight excluding hydrogens is 373 g/mol. The molecule has 0 atom stereocenters. The Balaban J connectivity index is 1.66. The van der Waals surface area contributed by atoms with Gasteiger partial charge < -0.3 is 0 Å². The lowest BCUT2D eigenvalue weighted by atomic mass is 10.2. The van der Waals surface area contributed by atoms with E-state index in [0.29, 0.717) is 26.3 Å². The molecule has 0 bridgehead atoms. The summed E-state index contributed by atoms with van der Waals surface area (Å²) in [6, 6.07) is 8.80. The first-order chi connectivity index (χ1) is 11.1. The van der Waals surface area contributed by atoms with Crippen LogP contribution in [0.4, 0.5) is 5.13 Å². The largest absolute Gasteiger partial charge is 0.298 e. The lowest BCUT2D eigenvalue weighted by Crippen LogP contribution is -2.11. The van der Waals surface area contributed by atoms with E-state index in [-0.39, 0.29) is 5.91 Å². The van der Waals surface area contributed by atoms with Gasteiger partial charge in [0.2, 0.25) is 0 Å². The summed E-state index contributed by atoms with van der Waals surface area (Å²) >= 11 is 14.9. The van der Waals surface area contributed by atoms with Crippen LogP contribution in [0.25, 0.3) is 20.4 Å². The van der Waals surface area contributed by atoms with Gasteiger partial charge in [0.1, 0.15) is 5.52 Å². The molecule has 0 saturated carbocycles. The highest BCUT2D eigenvalue weighted by atomic mass is 35.5. The Kier molecular flexibility index (Phi) is 3.69. The number of aromatic nitrogens is 2. The zero-order chi connectivity index (χ0) is 16.0. The molecule has 1 amide bonds. The Morgan fingerprint density at radius 1 is 1.13 bits per heavy atom. The van der Waals surface area contributed by atoms with Crippen LogP contribution in [0.1, 0.15) is 10.4 Å². The van der Waals surface area contributed by atoms with Crippen LogP contribution < -0.4 is 5.32 Å². The van der Waals surface area contributed by atoms with Crippen molar-refractivity contribution in [1.82, 2.24) is 9.97 Å². The van der Waals surface area contributed by atoms with E-state index in [2.05, 4.69) is 15.3 Å². The third kappa shape index (κ3) is 2.79. The molecule has 0 aliphatic carbocycles. The summed E-state index contributed by atoms with van der Waals surface area (Å²) in [5, 5.41) is 4.30. The van der Waals surface area contributed by atoms with Gasteiger partial charge in [0, 0.05) is 10.6 Å². The summed E-state index contributed by atoms with van der Waals surface area (Å²) in [5.41, 5.74) is 3.83. The maximum Gasteiger partial charge on any atom is 0.257 e. The smallest absolute Gasteiger partial charge is 0.257 e. The van der Waals surface area contributed by atoms with Crippen molar-refractivity contribution in [3.05, 3.63) is 51.5 Å². The summed E-state index contributed by atoms with van der Waals surface area (Å²) < 4.78 is 1.80. The molecule has 0 saturated heterocycles. The van der Waals surface area contributed by atoms with Crippen molar-refractivity contribution in [2.75, 3.05) is 5.32 Å². The molecule has 1 N–H and O–H groups in total. The van der Waals surface area contributed by atoms with Crippen molar-refractivity contribution in [1.29, 1.82) is 0 Å². The maximum absolute atomic E-state index is 12.4. The molecule has 0 radical (unpaired) electrons. The zero-order valence-corrected chi connectivity index (χ0v) is 14.5. The van der Waals surface area contributed by atoms with Gasteiger partial charge in [-0.2, -0.15) is 0 Å². The fraction of sp³-hybridized carbons (Fsp3) is 0. The van der Waals surface area contributed by atoms with Crippen LogP contribution in [0.2, 0.25) is 10.0 Å². The van der Waals surface area contributed by atoms with Gasteiger partial charge in [-0.3, -0.25) is 10.1 Å². The van der Waals surface area contributed by atoms with Gasteiger partial charge in [0.05, 0.1) is 25.4 Å². The summed E-state index contributed by atoms with van der Waals surface area (Å²) in [6.07, 6.45) is 0. The number of fused-ring (bicyclic) bond motifs is 2. The van der Waals surface area contributed by atoms with Gasteiger partial charge in [-0.05, 0) is 30.3 Å². The van der Waals surface area contributed by atoms with E-state index in [1.165, 1.54) is 22.7 Å². The molecule has 0 unspecified atom stereocenters. The minimum absolute atomic E-state index is 0.221. The first-order valence-electron chi connectivity index (χ1n) is 6.50. The number of benzene rings is 2. The monoisotopic (exact) mass is 379 g/mol. The number of halogens is 2. The van der Waals surface area contributed by atoms with E-state index in [1.807, 2.05) is 12.1 Å². The van der Waals surface area contributed by atoms with Crippen molar-refractivity contribution in [2.24, 2.45) is 0 Å². The van der Waals surface area contributed by atoms with Crippen LogP contribution in [0, 0.1) is 0 Å². The number of anilines is 1. The molecule has 8 heteroatoms. The Morgan fingerprint density at radius 2 is 2.00 bits per heavy atom. The molecule has 0 aliphatic rings. The van der Waals surface area contributed by atoms with Crippen LogP contribution in [0.15, 0.2) is 35.8 Å². The molecule has 0 fully saturated rings. The summed E-state index contributed by atoms with van der Waals surface area (Å²) in [7, 11) is 0. The van der Waals surface area contributed by atoms with Crippen molar-refractivity contribution < 1.29 is 4.79 Å². The van der Waals surface area contributed by atoms with Crippen LogP contribution in [-0.4, -0.2) is 15.9 Å². The highest BCUT2D eigenvalue weighted by Gasteiger charge is 2.13. The van der Waals surface area contributed by atoms with Gasteiger partial charge in [-0.1, -0.05) is 34.5 Å². The van der Waals surface area contributed by atoms with Gasteiger partial charge in [0.15, 0.2) is 5.13 Å². The Labute approximate surface area is 148 Å². The zero-order valence-electron chi connectivity index (χ0n) is 11.3. The van der Waals surface area contributed by atoms with Gasteiger partial charge in [0.25, 0.3) is 5.91 Å². The molecule has 2 aromatic heterocycles. The molecule has 4 rings (SSSR count). The Hall–Kier alpha value is -1.73. The fourth-order valence-electron chi connectivity index (χ4n) is 2.18. The predicted octanol–water partition coefficient (Wildman–Crippen LogP) is 5.47. The van der Waals surface area contributed by atoms with E-state index in [4.69, 9.17) is 23.2 Å². The minimum Gasteiger partial charge on any atom is -0.298 e. The number of carbonyl (C=O) groups excluding carboxylic acids is 1. The molecule has 4 nitrogen and oxygen atoms in total. The van der Waals surface area contributed by atoms with Crippen LogP contribution in [0.3, 0.4) is 0 Å². The molecule has 114 valence electrons. The highest BCUT2D eigenvalue weighted by Crippen LogP contribution is 2.34. The van der Waals surface area contributed by atoms with E-state index >= 15 is 0 Å². The van der Waals surface area contributed by atoms with Gasteiger partial charge in [-0.15, -0.1) is 11.3 Å². The highest BCUT2D eigenvalue weighted by molar-refractivity contribution is 7.22. The number of hydrogen-bond donors (Lipinski definition) is 1. The fourth-order valence-corrected chi connectivity index (χ4v) is 4.48. The number of hydrogen-bond acceptors (Lipinski definition) is 5. The molecule has 2 heterocycles. The van der Waals surface area contributed by atoms with Crippen molar-refractivity contribution in [3.8, 4) is 0 Å². The topological polar surface area (TPSA) is 54.9 Å². The SMILES string of the molecule is O=C(Nc1nc2c(Cl)cc(Cl)cc2s1)c1ccc2ncsc2c1. The van der Waals surface area contributed by atoms with Crippen LogP contribution in [-0.2, 0) is 0 Å². The number of carbonyl (C=O) groups is 1. The minimum atomic E-state index is -0.221. The lowest BCUT2D eigenvalue weighted by Gasteiger charge is -2.01. The first-order valence-corrected chi connectivity index (χ1v) is 8.95. The predicted molar refractivity (Wildman–Crippen MR) is 97.2 cm³/mol. The van der Waals surface area contributed by atoms with E-state index in [0.717, 1.165) is 14.9 Å².